The van der Waals surface area contributed by atoms with Crippen molar-refractivity contribution in [1.82, 2.24) is 5.06 Å². The van der Waals surface area contributed by atoms with E-state index in [1.807, 2.05) is 6.08 Å². The number of rotatable bonds is 4. The molecule has 0 aromatic rings. The smallest absolute Gasteiger partial charge is 0.352 e. The summed E-state index contributed by atoms with van der Waals surface area (Å²) >= 11 is 0. The molecular weight excluding hydrogens is 194 g/mol. The van der Waals surface area contributed by atoms with E-state index in [4.69, 9.17) is 9.57 Å². The van der Waals surface area contributed by atoms with Gasteiger partial charge in [-0.1, -0.05) is 19.4 Å². The van der Waals surface area contributed by atoms with Crippen LogP contribution in [0.1, 0.15) is 26.7 Å². The van der Waals surface area contributed by atoms with Crippen LogP contribution in [0.15, 0.2) is 11.6 Å². The fraction of sp³-hybridized carbons (Fsp3) is 0.727. The molecule has 0 atom stereocenters. The highest BCUT2D eigenvalue weighted by atomic mass is 16.7. The maximum absolute atomic E-state index is 11.5. The second-order valence-electron chi connectivity index (χ2n) is 3.60. The largest absolute Gasteiger partial charge is 0.379 e. The van der Waals surface area contributed by atoms with Gasteiger partial charge in [-0.2, -0.15) is 0 Å². The van der Waals surface area contributed by atoms with Crippen molar-refractivity contribution in [3.8, 4) is 0 Å². The van der Waals surface area contributed by atoms with Crippen molar-refractivity contribution in [3.05, 3.63) is 11.6 Å². The first-order valence-electron chi connectivity index (χ1n) is 5.45. The normalized spacial score (nSPS) is 18.9. The van der Waals surface area contributed by atoms with Crippen molar-refractivity contribution in [1.29, 1.82) is 0 Å². The molecular formula is C11H19NO3. The van der Waals surface area contributed by atoms with Crippen molar-refractivity contribution < 1.29 is 14.4 Å². The molecule has 1 aliphatic heterocycles. The van der Waals surface area contributed by atoms with E-state index in [9.17, 15) is 4.79 Å². The minimum absolute atomic E-state index is 0.245. The predicted molar refractivity (Wildman–Crippen MR) is 57.1 cm³/mol. The molecule has 4 nitrogen and oxygen atoms in total. The van der Waals surface area contributed by atoms with Crippen LogP contribution in [0.4, 0.5) is 0 Å². The zero-order valence-electron chi connectivity index (χ0n) is 9.49. The Labute approximate surface area is 90.8 Å². The summed E-state index contributed by atoms with van der Waals surface area (Å²) in [6, 6.07) is 0. The fourth-order valence-corrected chi connectivity index (χ4v) is 1.27. The second-order valence-corrected chi connectivity index (χ2v) is 3.60. The zero-order valence-corrected chi connectivity index (χ0v) is 9.49. The van der Waals surface area contributed by atoms with E-state index in [2.05, 4.69) is 6.92 Å². The van der Waals surface area contributed by atoms with E-state index in [-0.39, 0.29) is 5.97 Å². The summed E-state index contributed by atoms with van der Waals surface area (Å²) in [4.78, 5) is 16.7. The van der Waals surface area contributed by atoms with E-state index in [1.165, 1.54) is 0 Å². The van der Waals surface area contributed by atoms with Crippen LogP contribution >= 0.6 is 0 Å². The average Bonchev–Trinajstić information content (AvgIpc) is 2.27. The molecule has 0 N–H and O–H groups in total. The Morgan fingerprint density at radius 3 is 2.73 bits per heavy atom. The summed E-state index contributed by atoms with van der Waals surface area (Å²) in [5.41, 5.74) is 0.684. The van der Waals surface area contributed by atoms with Gasteiger partial charge in [0.25, 0.3) is 0 Å². The number of allylic oxidation sites excluding steroid dienone is 1. The lowest BCUT2D eigenvalue weighted by Gasteiger charge is -2.25. The first kappa shape index (κ1) is 12.2. The van der Waals surface area contributed by atoms with Crippen LogP contribution in [-0.4, -0.2) is 37.3 Å². The molecule has 1 aliphatic rings. The molecule has 0 bridgehead atoms. The minimum Gasteiger partial charge on any atom is -0.379 e. The first-order chi connectivity index (χ1) is 7.24. The van der Waals surface area contributed by atoms with Gasteiger partial charge in [-0.25, -0.2) is 4.79 Å². The van der Waals surface area contributed by atoms with Crippen molar-refractivity contribution in [2.75, 3.05) is 26.3 Å². The summed E-state index contributed by atoms with van der Waals surface area (Å²) < 4.78 is 5.16. The lowest BCUT2D eigenvalue weighted by Crippen LogP contribution is -2.38. The van der Waals surface area contributed by atoms with Gasteiger partial charge in [0.15, 0.2) is 0 Å². The number of hydroxylamine groups is 2. The van der Waals surface area contributed by atoms with Gasteiger partial charge in [-0.3, -0.25) is 0 Å². The zero-order chi connectivity index (χ0) is 11.1. The van der Waals surface area contributed by atoms with Crippen molar-refractivity contribution in [2.24, 2.45) is 0 Å². The summed E-state index contributed by atoms with van der Waals surface area (Å²) in [5.74, 6) is -0.245. The van der Waals surface area contributed by atoms with Crippen molar-refractivity contribution in [3.63, 3.8) is 0 Å². The van der Waals surface area contributed by atoms with Gasteiger partial charge >= 0.3 is 5.97 Å². The first-order valence-corrected chi connectivity index (χ1v) is 5.45. The van der Waals surface area contributed by atoms with Gasteiger partial charge in [-0.15, -0.1) is 5.06 Å². The highest BCUT2D eigenvalue weighted by Crippen LogP contribution is 2.04. The molecule has 1 heterocycles. The monoisotopic (exact) mass is 213 g/mol. The maximum Gasteiger partial charge on any atom is 0.352 e. The van der Waals surface area contributed by atoms with E-state index in [0.29, 0.717) is 31.9 Å². The van der Waals surface area contributed by atoms with Crippen LogP contribution in [0.2, 0.25) is 0 Å². The van der Waals surface area contributed by atoms with Crippen molar-refractivity contribution in [2.45, 2.75) is 26.7 Å². The lowest BCUT2D eigenvalue weighted by atomic mass is 10.2. The number of unbranched alkanes of at least 4 members (excludes halogenated alkanes) is 1. The number of carbonyl (C=O) groups excluding carboxylic acids is 1. The van der Waals surface area contributed by atoms with Crippen LogP contribution in [0.5, 0.6) is 0 Å². The van der Waals surface area contributed by atoms with Crippen LogP contribution in [0.25, 0.3) is 0 Å². The quantitative estimate of drug-likeness (QED) is 0.664. The number of hydrogen-bond acceptors (Lipinski definition) is 4. The van der Waals surface area contributed by atoms with Gasteiger partial charge in [0, 0.05) is 5.57 Å². The molecule has 0 amide bonds. The number of morpholine rings is 1. The lowest BCUT2D eigenvalue weighted by molar-refractivity contribution is -0.200. The second kappa shape index (κ2) is 6.58. The molecule has 0 unspecified atom stereocenters. The van der Waals surface area contributed by atoms with Crippen LogP contribution < -0.4 is 0 Å². The summed E-state index contributed by atoms with van der Waals surface area (Å²) in [6.45, 7) is 6.45. The fourth-order valence-electron chi connectivity index (χ4n) is 1.27. The van der Waals surface area contributed by atoms with Gasteiger partial charge < -0.3 is 9.57 Å². The van der Waals surface area contributed by atoms with Gasteiger partial charge in [0.05, 0.1) is 26.3 Å². The molecule has 0 aliphatic carbocycles. The van der Waals surface area contributed by atoms with E-state index in [0.717, 1.165) is 12.8 Å². The number of ether oxygens (including phenoxy) is 1. The van der Waals surface area contributed by atoms with Crippen LogP contribution in [0.3, 0.4) is 0 Å². The standard InChI is InChI=1S/C11H19NO3/c1-3-4-5-10(2)11(13)15-12-6-8-14-9-7-12/h5H,3-4,6-9H2,1-2H3. The Morgan fingerprint density at radius 2 is 2.13 bits per heavy atom. The molecule has 1 rings (SSSR count). The molecule has 0 spiro atoms. The molecule has 1 fully saturated rings. The molecule has 15 heavy (non-hydrogen) atoms. The van der Waals surface area contributed by atoms with E-state index < -0.39 is 0 Å². The Hall–Kier alpha value is -0.870. The van der Waals surface area contributed by atoms with Gasteiger partial charge in [-0.05, 0) is 13.3 Å². The van der Waals surface area contributed by atoms with E-state index in [1.54, 1.807) is 12.0 Å². The Morgan fingerprint density at radius 1 is 1.47 bits per heavy atom. The molecule has 86 valence electrons. The van der Waals surface area contributed by atoms with Crippen LogP contribution in [0, 0.1) is 0 Å². The molecule has 0 radical (unpaired) electrons. The third kappa shape index (κ3) is 4.44. The van der Waals surface area contributed by atoms with Gasteiger partial charge in [0.2, 0.25) is 0 Å². The summed E-state index contributed by atoms with van der Waals surface area (Å²) in [6.07, 6.45) is 3.88. The average molecular weight is 213 g/mol. The molecule has 0 aromatic heterocycles. The Bertz CT molecular complexity index is 232. The highest BCUT2D eigenvalue weighted by Gasteiger charge is 2.15. The van der Waals surface area contributed by atoms with Crippen molar-refractivity contribution >= 4 is 5.97 Å². The Balaban J connectivity index is 2.33. The summed E-state index contributed by atoms with van der Waals surface area (Å²) in [7, 11) is 0. The third-order valence-electron chi connectivity index (χ3n) is 2.24. The predicted octanol–water partition coefficient (Wildman–Crippen LogP) is 1.52. The maximum atomic E-state index is 11.5. The number of hydrogen-bond donors (Lipinski definition) is 0. The van der Waals surface area contributed by atoms with Crippen LogP contribution in [-0.2, 0) is 14.4 Å². The number of carbonyl (C=O) groups is 1. The molecule has 4 heteroatoms. The van der Waals surface area contributed by atoms with E-state index >= 15 is 0 Å². The highest BCUT2D eigenvalue weighted by molar-refractivity contribution is 5.87. The number of nitrogens with zero attached hydrogens (tertiary/aromatic N) is 1. The molecule has 1 saturated heterocycles. The Kier molecular flexibility index (Phi) is 5.36. The summed E-state index contributed by atoms with van der Waals surface area (Å²) in [5, 5.41) is 1.66. The van der Waals surface area contributed by atoms with Gasteiger partial charge in [0.1, 0.15) is 0 Å². The third-order valence-corrected chi connectivity index (χ3v) is 2.24. The molecule has 0 saturated carbocycles. The topological polar surface area (TPSA) is 38.8 Å². The SMILES string of the molecule is CCCC=C(C)C(=O)ON1CCOCC1. The minimum atomic E-state index is -0.245. The molecule has 0 aromatic carbocycles.